The number of H-pyrrole nitrogens is 1. The van der Waals surface area contributed by atoms with Crippen molar-refractivity contribution in [3.63, 3.8) is 0 Å². The Morgan fingerprint density at radius 2 is 1.81 bits per heavy atom. The zero-order valence-corrected chi connectivity index (χ0v) is 17.8. The summed E-state index contributed by atoms with van der Waals surface area (Å²) in [4.78, 5) is 25.5. The summed E-state index contributed by atoms with van der Waals surface area (Å²) < 4.78 is 15.2. The molecule has 160 valence electrons. The molecule has 7 heteroatoms. The lowest BCUT2D eigenvalue weighted by molar-refractivity contribution is 0.0949. The lowest BCUT2D eigenvalue weighted by atomic mass is 10.1. The second-order valence-electron chi connectivity index (χ2n) is 7.96. The summed E-state index contributed by atoms with van der Waals surface area (Å²) in [5.74, 6) is 0.173. The van der Waals surface area contributed by atoms with E-state index < -0.39 is 0 Å². The quantitative estimate of drug-likeness (QED) is 0.430. The summed E-state index contributed by atoms with van der Waals surface area (Å²) in [6, 6.07) is 16.3. The van der Waals surface area contributed by atoms with Crippen LogP contribution in [0.15, 0.2) is 60.8 Å². The summed E-state index contributed by atoms with van der Waals surface area (Å²) in [5.41, 5.74) is 6.28. The molecule has 0 saturated heterocycles. The fraction of sp³-hybridized carbons (Fsp3) is 0.160. The number of halogens is 1. The van der Waals surface area contributed by atoms with E-state index in [1.54, 1.807) is 6.07 Å². The summed E-state index contributed by atoms with van der Waals surface area (Å²) in [5, 5.41) is 2.99. The summed E-state index contributed by atoms with van der Waals surface area (Å²) in [7, 11) is 0. The van der Waals surface area contributed by atoms with Gasteiger partial charge in [-0.05, 0) is 43.7 Å². The van der Waals surface area contributed by atoms with Gasteiger partial charge in [-0.25, -0.2) is 14.4 Å². The van der Waals surface area contributed by atoms with E-state index in [9.17, 15) is 9.18 Å². The van der Waals surface area contributed by atoms with Crippen molar-refractivity contribution in [3.8, 4) is 11.3 Å². The normalized spacial score (nSPS) is 11.3. The van der Waals surface area contributed by atoms with Crippen molar-refractivity contribution in [2.45, 2.75) is 20.3 Å². The van der Waals surface area contributed by atoms with Crippen LogP contribution in [0, 0.1) is 19.7 Å². The largest absolute Gasteiger partial charge is 0.350 e. The zero-order valence-electron chi connectivity index (χ0n) is 17.8. The molecule has 0 saturated carbocycles. The Bertz CT molecular complexity index is 1450. The molecule has 0 spiro atoms. The fourth-order valence-corrected chi connectivity index (χ4v) is 3.81. The topological polar surface area (TPSA) is 75.1 Å². The number of pyridine rings is 1. The highest BCUT2D eigenvalue weighted by molar-refractivity contribution is 5.99. The lowest BCUT2D eigenvalue weighted by Crippen LogP contribution is -2.27. The Morgan fingerprint density at radius 1 is 1.03 bits per heavy atom. The molecule has 1 amide bonds. The standard InChI is InChI=1S/C25H22FN5O/c1-15-3-6-17(7-4-15)23-24(31-14-16(2)5-10-22(31)30-23)25(32)27-12-11-21-28-19-9-8-18(26)13-20(19)29-21/h3-10,13-14H,11-12H2,1-2H3,(H,27,32)(H,28,29). The van der Waals surface area contributed by atoms with E-state index in [0.29, 0.717) is 41.2 Å². The van der Waals surface area contributed by atoms with Gasteiger partial charge >= 0.3 is 0 Å². The van der Waals surface area contributed by atoms with Gasteiger partial charge < -0.3 is 10.3 Å². The SMILES string of the molecule is Cc1ccc(-c2nc3ccc(C)cn3c2C(=O)NCCc2nc3ccc(F)cc3[nH]2)cc1. The molecule has 2 aromatic carbocycles. The van der Waals surface area contributed by atoms with E-state index in [4.69, 9.17) is 4.98 Å². The predicted molar refractivity (Wildman–Crippen MR) is 122 cm³/mol. The first-order valence-electron chi connectivity index (χ1n) is 10.5. The molecule has 0 radical (unpaired) electrons. The van der Waals surface area contributed by atoms with Gasteiger partial charge in [-0.3, -0.25) is 9.20 Å². The number of hydrogen-bond acceptors (Lipinski definition) is 3. The third-order valence-electron chi connectivity index (χ3n) is 5.45. The van der Waals surface area contributed by atoms with Crippen LogP contribution >= 0.6 is 0 Å². The minimum atomic E-state index is -0.312. The van der Waals surface area contributed by atoms with Gasteiger partial charge in [-0.1, -0.05) is 35.9 Å². The van der Waals surface area contributed by atoms with E-state index in [0.717, 1.165) is 22.3 Å². The first kappa shape index (κ1) is 19.9. The van der Waals surface area contributed by atoms with E-state index in [2.05, 4.69) is 15.3 Å². The summed E-state index contributed by atoms with van der Waals surface area (Å²) in [6.07, 6.45) is 2.42. The second kappa shape index (κ2) is 7.92. The number of carbonyl (C=O) groups is 1. The van der Waals surface area contributed by atoms with Gasteiger partial charge in [0, 0.05) is 24.7 Å². The average molecular weight is 427 g/mol. The molecule has 32 heavy (non-hydrogen) atoms. The molecule has 0 aliphatic carbocycles. The number of amides is 1. The first-order chi connectivity index (χ1) is 15.5. The van der Waals surface area contributed by atoms with Crippen LogP contribution in [0.25, 0.3) is 27.9 Å². The molecule has 0 fully saturated rings. The Balaban J connectivity index is 1.42. The molecule has 0 unspecified atom stereocenters. The van der Waals surface area contributed by atoms with E-state index >= 15 is 0 Å². The van der Waals surface area contributed by atoms with Crippen molar-refractivity contribution in [1.82, 2.24) is 24.7 Å². The van der Waals surface area contributed by atoms with E-state index in [1.165, 1.54) is 12.1 Å². The number of nitrogens with zero attached hydrogens (tertiary/aromatic N) is 3. The number of fused-ring (bicyclic) bond motifs is 2. The number of rotatable bonds is 5. The first-order valence-corrected chi connectivity index (χ1v) is 10.5. The van der Waals surface area contributed by atoms with Crippen LogP contribution in [-0.4, -0.2) is 31.8 Å². The van der Waals surface area contributed by atoms with Crippen LogP contribution in [0.4, 0.5) is 4.39 Å². The maximum Gasteiger partial charge on any atom is 0.270 e. The second-order valence-corrected chi connectivity index (χ2v) is 7.96. The monoisotopic (exact) mass is 427 g/mol. The lowest BCUT2D eigenvalue weighted by Gasteiger charge is -2.07. The highest BCUT2D eigenvalue weighted by Gasteiger charge is 2.20. The molecule has 0 atom stereocenters. The van der Waals surface area contributed by atoms with Gasteiger partial charge in [0.15, 0.2) is 0 Å². The Morgan fingerprint density at radius 3 is 2.62 bits per heavy atom. The number of imidazole rings is 2. The Hall–Kier alpha value is -4.00. The minimum Gasteiger partial charge on any atom is -0.350 e. The minimum absolute atomic E-state index is 0.208. The fourth-order valence-electron chi connectivity index (χ4n) is 3.81. The third-order valence-corrected chi connectivity index (χ3v) is 5.45. The van der Waals surface area contributed by atoms with Crippen LogP contribution < -0.4 is 5.32 Å². The molecule has 0 aliphatic heterocycles. The van der Waals surface area contributed by atoms with E-state index in [1.807, 2.05) is 60.8 Å². The Kier molecular flexibility index (Phi) is 4.93. The molecule has 3 heterocycles. The maximum absolute atomic E-state index is 13.4. The van der Waals surface area contributed by atoms with Gasteiger partial charge in [0.2, 0.25) is 0 Å². The smallest absolute Gasteiger partial charge is 0.270 e. The molecule has 2 N–H and O–H groups in total. The van der Waals surface area contributed by atoms with Crippen LogP contribution in [0.2, 0.25) is 0 Å². The third kappa shape index (κ3) is 3.73. The molecule has 5 aromatic rings. The Labute approximate surface area is 184 Å². The van der Waals surface area contributed by atoms with Crippen LogP contribution in [0.5, 0.6) is 0 Å². The van der Waals surface area contributed by atoms with Crippen LogP contribution in [-0.2, 0) is 6.42 Å². The molecule has 5 rings (SSSR count). The molecule has 0 aliphatic rings. The molecule has 0 bridgehead atoms. The van der Waals surface area contributed by atoms with Gasteiger partial charge in [-0.15, -0.1) is 0 Å². The van der Waals surface area contributed by atoms with Crippen molar-refractivity contribution in [2.75, 3.05) is 6.54 Å². The highest BCUT2D eigenvalue weighted by Crippen LogP contribution is 2.25. The number of aromatic nitrogens is 4. The number of aryl methyl sites for hydroxylation is 2. The van der Waals surface area contributed by atoms with Crippen molar-refractivity contribution in [1.29, 1.82) is 0 Å². The number of carbonyl (C=O) groups excluding carboxylic acids is 1. The number of hydrogen-bond donors (Lipinski definition) is 2. The van der Waals surface area contributed by atoms with E-state index in [-0.39, 0.29) is 11.7 Å². The highest BCUT2D eigenvalue weighted by atomic mass is 19.1. The van der Waals surface area contributed by atoms with Crippen molar-refractivity contribution in [2.24, 2.45) is 0 Å². The maximum atomic E-state index is 13.4. The molecule has 3 aromatic heterocycles. The van der Waals surface area contributed by atoms with Crippen molar-refractivity contribution < 1.29 is 9.18 Å². The zero-order chi connectivity index (χ0) is 22.2. The number of nitrogens with one attached hydrogen (secondary N) is 2. The van der Waals surface area contributed by atoms with Gasteiger partial charge in [0.1, 0.15) is 28.7 Å². The number of benzene rings is 2. The summed E-state index contributed by atoms with van der Waals surface area (Å²) >= 11 is 0. The van der Waals surface area contributed by atoms with Gasteiger partial charge in [-0.2, -0.15) is 0 Å². The van der Waals surface area contributed by atoms with Crippen LogP contribution in [0.3, 0.4) is 0 Å². The predicted octanol–water partition coefficient (Wildman–Crippen LogP) is 4.61. The van der Waals surface area contributed by atoms with Gasteiger partial charge in [0.05, 0.1) is 11.0 Å². The van der Waals surface area contributed by atoms with Gasteiger partial charge in [0.25, 0.3) is 5.91 Å². The summed E-state index contributed by atoms with van der Waals surface area (Å²) in [6.45, 7) is 4.39. The average Bonchev–Trinajstić information content (AvgIpc) is 3.34. The van der Waals surface area contributed by atoms with Crippen molar-refractivity contribution >= 4 is 22.6 Å². The molecular formula is C25H22FN5O. The number of aromatic amines is 1. The molecular weight excluding hydrogens is 405 g/mol. The molecule has 6 nitrogen and oxygen atoms in total. The van der Waals surface area contributed by atoms with Crippen molar-refractivity contribution in [3.05, 3.63) is 89.3 Å². The van der Waals surface area contributed by atoms with Crippen LogP contribution in [0.1, 0.15) is 27.4 Å².